The minimum Gasteiger partial charge on any atom is -0.317 e. The van der Waals surface area contributed by atoms with E-state index in [1.165, 1.54) is 38.5 Å². The van der Waals surface area contributed by atoms with Gasteiger partial charge in [0.2, 0.25) is 0 Å². The summed E-state index contributed by atoms with van der Waals surface area (Å²) in [4.78, 5) is 0. The molecule has 1 aliphatic carbocycles. The zero-order valence-corrected chi connectivity index (χ0v) is 13.4. The van der Waals surface area contributed by atoms with Crippen molar-refractivity contribution < 1.29 is 0 Å². The number of hydrogen-bond donors (Lipinski definition) is 1. The van der Waals surface area contributed by atoms with Gasteiger partial charge >= 0.3 is 0 Å². The first kappa shape index (κ1) is 15.6. The Hall–Kier alpha value is -0.820. The van der Waals surface area contributed by atoms with Crippen LogP contribution < -0.4 is 5.32 Å². The van der Waals surface area contributed by atoms with Gasteiger partial charge in [0.1, 0.15) is 0 Å². The Balaban J connectivity index is 2.00. The van der Waals surface area contributed by atoms with E-state index in [1.807, 2.05) is 0 Å². The Morgan fingerprint density at radius 3 is 2.60 bits per heavy atom. The third-order valence-corrected chi connectivity index (χ3v) is 5.11. The average Bonchev–Trinajstić information content (AvgIpc) is 2.48. The van der Waals surface area contributed by atoms with E-state index in [9.17, 15) is 0 Å². The van der Waals surface area contributed by atoms with Gasteiger partial charge in [-0.05, 0) is 56.0 Å². The molecule has 4 unspecified atom stereocenters. The maximum Gasteiger partial charge on any atom is 0.00928 e. The van der Waals surface area contributed by atoms with Crippen molar-refractivity contribution in [1.82, 2.24) is 5.32 Å². The van der Waals surface area contributed by atoms with Gasteiger partial charge < -0.3 is 5.32 Å². The van der Waals surface area contributed by atoms with Crippen molar-refractivity contribution in [3.63, 3.8) is 0 Å². The van der Waals surface area contributed by atoms with Gasteiger partial charge in [0, 0.05) is 6.04 Å². The van der Waals surface area contributed by atoms with Crippen molar-refractivity contribution in [3.8, 4) is 0 Å². The van der Waals surface area contributed by atoms with Gasteiger partial charge in [-0.25, -0.2) is 0 Å². The third kappa shape index (κ3) is 4.09. The van der Waals surface area contributed by atoms with E-state index in [0.717, 1.165) is 23.8 Å². The van der Waals surface area contributed by atoms with Crippen molar-refractivity contribution >= 4 is 0 Å². The van der Waals surface area contributed by atoms with Gasteiger partial charge in [-0.3, -0.25) is 0 Å². The second-order valence-corrected chi connectivity index (χ2v) is 6.71. The van der Waals surface area contributed by atoms with Crippen LogP contribution in [0, 0.1) is 11.8 Å². The number of hydrogen-bond acceptors (Lipinski definition) is 1. The molecule has 0 radical (unpaired) electrons. The first-order chi connectivity index (χ1) is 9.74. The lowest BCUT2D eigenvalue weighted by Gasteiger charge is -2.37. The summed E-state index contributed by atoms with van der Waals surface area (Å²) in [6.45, 7) is 4.74. The molecular formula is C19H31N. The second-order valence-electron chi connectivity index (χ2n) is 6.71. The van der Waals surface area contributed by atoms with Crippen LogP contribution in [0.3, 0.4) is 0 Å². The number of benzene rings is 1. The zero-order chi connectivity index (χ0) is 14.4. The highest BCUT2D eigenvalue weighted by Gasteiger charge is 2.30. The maximum absolute atomic E-state index is 3.57. The van der Waals surface area contributed by atoms with Crippen LogP contribution in [0.5, 0.6) is 0 Å². The lowest BCUT2D eigenvalue weighted by molar-refractivity contribution is 0.210. The molecule has 0 spiro atoms. The Morgan fingerprint density at radius 1 is 1.20 bits per heavy atom. The summed E-state index contributed by atoms with van der Waals surface area (Å²) in [5, 5.41) is 3.57. The quantitative estimate of drug-likeness (QED) is 0.770. The summed E-state index contributed by atoms with van der Waals surface area (Å²) in [5.74, 6) is 2.50. The van der Waals surface area contributed by atoms with Crippen LogP contribution in [-0.2, 0) is 0 Å². The number of nitrogens with one attached hydrogen (secondary N) is 1. The molecule has 1 fully saturated rings. The maximum atomic E-state index is 3.57. The zero-order valence-electron chi connectivity index (χ0n) is 13.4. The van der Waals surface area contributed by atoms with E-state index in [1.54, 1.807) is 5.56 Å². The molecule has 1 heteroatoms. The predicted octanol–water partition coefficient (Wildman–Crippen LogP) is 4.98. The molecule has 0 aromatic heterocycles. The van der Waals surface area contributed by atoms with Crippen molar-refractivity contribution in [2.45, 2.75) is 64.3 Å². The van der Waals surface area contributed by atoms with E-state index in [0.29, 0.717) is 0 Å². The molecule has 2 rings (SSSR count). The predicted molar refractivity (Wildman–Crippen MR) is 88.1 cm³/mol. The van der Waals surface area contributed by atoms with Crippen LogP contribution in [0.15, 0.2) is 30.3 Å². The van der Waals surface area contributed by atoms with Gasteiger partial charge in [-0.2, -0.15) is 0 Å². The van der Waals surface area contributed by atoms with Gasteiger partial charge in [0.05, 0.1) is 0 Å². The summed E-state index contributed by atoms with van der Waals surface area (Å²) in [6.07, 6.45) is 8.13. The van der Waals surface area contributed by atoms with Crippen LogP contribution >= 0.6 is 0 Å². The van der Waals surface area contributed by atoms with Gasteiger partial charge in [0.15, 0.2) is 0 Å². The molecule has 1 nitrogen and oxygen atoms in total. The van der Waals surface area contributed by atoms with Gasteiger partial charge in [0.25, 0.3) is 0 Å². The van der Waals surface area contributed by atoms with Crippen LogP contribution in [0.2, 0.25) is 0 Å². The molecule has 0 aliphatic heterocycles. The van der Waals surface area contributed by atoms with Crippen molar-refractivity contribution in [3.05, 3.63) is 35.9 Å². The summed E-state index contributed by atoms with van der Waals surface area (Å²) in [5.41, 5.74) is 1.55. The SMILES string of the molecule is CCCC(C)CC1CC(c2ccccc2)CCC1NC. The summed E-state index contributed by atoms with van der Waals surface area (Å²) in [6, 6.07) is 11.9. The third-order valence-electron chi connectivity index (χ3n) is 5.11. The van der Waals surface area contributed by atoms with E-state index >= 15 is 0 Å². The molecule has 0 amide bonds. The second kappa shape index (κ2) is 7.83. The van der Waals surface area contributed by atoms with Crippen LogP contribution in [0.4, 0.5) is 0 Å². The normalized spacial score (nSPS) is 28.2. The largest absolute Gasteiger partial charge is 0.317 e. The molecule has 1 N–H and O–H groups in total. The first-order valence-electron chi connectivity index (χ1n) is 8.46. The lowest BCUT2D eigenvalue weighted by Crippen LogP contribution is -2.39. The highest BCUT2D eigenvalue weighted by molar-refractivity contribution is 5.20. The monoisotopic (exact) mass is 273 g/mol. The van der Waals surface area contributed by atoms with Gasteiger partial charge in [-0.15, -0.1) is 0 Å². The van der Waals surface area contributed by atoms with Crippen LogP contribution in [-0.4, -0.2) is 13.1 Å². The van der Waals surface area contributed by atoms with Crippen molar-refractivity contribution in [2.75, 3.05) is 7.05 Å². The standard InChI is InChI=1S/C19H31N/c1-4-8-15(2)13-18-14-17(11-12-19(18)20-3)16-9-6-5-7-10-16/h5-7,9-10,15,17-20H,4,8,11-14H2,1-3H3. The lowest BCUT2D eigenvalue weighted by atomic mass is 9.72. The molecule has 1 aromatic rings. The van der Waals surface area contributed by atoms with Gasteiger partial charge in [-0.1, -0.05) is 57.0 Å². The van der Waals surface area contributed by atoms with Crippen LogP contribution in [0.1, 0.15) is 63.9 Å². The smallest absolute Gasteiger partial charge is 0.00928 e. The van der Waals surface area contributed by atoms with E-state index in [4.69, 9.17) is 0 Å². The topological polar surface area (TPSA) is 12.0 Å². The molecule has 20 heavy (non-hydrogen) atoms. The van der Waals surface area contributed by atoms with Crippen molar-refractivity contribution in [2.24, 2.45) is 11.8 Å². The first-order valence-corrected chi connectivity index (χ1v) is 8.46. The highest BCUT2D eigenvalue weighted by Crippen LogP contribution is 2.39. The fourth-order valence-corrected chi connectivity index (χ4v) is 4.06. The van der Waals surface area contributed by atoms with Crippen molar-refractivity contribution in [1.29, 1.82) is 0 Å². The molecule has 0 heterocycles. The Labute approximate surface area is 125 Å². The summed E-state index contributed by atoms with van der Waals surface area (Å²) < 4.78 is 0. The summed E-state index contributed by atoms with van der Waals surface area (Å²) >= 11 is 0. The van der Waals surface area contributed by atoms with E-state index < -0.39 is 0 Å². The Morgan fingerprint density at radius 2 is 1.95 bits per heavy atom. The molecule has 0 saturated heterocycles. The molecule has 0 bridgehead atoms. The fourth-order valence-electron chi connectivity index (χ4n) is 4.06. The summed E-state index contributed by atoms with van der Waals surface area (Å²) in [7, 11) is 2.14. The molecule has 1 saturated carbocycles. The molecule has 1 aromatic carbocycles. The average molecular weight is 273 g/mol. The van der Waals surface area contributed by atoms with E-state index in [2.05, 4.69) is 56.5 Å². The number of rotatable bonds is 6. The molecular weight excluding hydrogens is 242 g/mol. The molecule has 4 atom stereocenters. The van der Waals surface area contributed by atoms with E-state index in [-0.39, 0.29) is 0 Å². The highest BCUT2D eigenvalue weighted by atomic mass is 14.9. The molecule has 112 valence electrons. The van der Waals surface area contributed by atoms with Crippen LogP contribution in [0.25, 0.3) is 0 Å². The Kier molecular flexibility index (Phi) is 6.09. The molecule has 1 aliphatic rings. The fraction of sp³-hybridized carbons (Fsp3) is 0.684. The Bertz CT molecular complexity index is 373. The minimum absolute atomic E-state index is 0.731. The minimum atomic E-state index is 0.731.